The number of ether oxygens (including phenoxy) is 2. The fourth-order valence-electron chi connectivity index (χ4n) is 3.94. The number of carbonyl (C=O) groups excluding carboxylic acids is 1. The number of aliphatic carboxylic acids is 1. The molecule has 1 aliphatic rings. The second-order valence-corrected chi connectivity index (χ2v) is 8.39. The van der Waals surface area contributed by atoms with E-state index in [1.807, 2.05) is 0 Å². The number of hydrogen-bond acceptors (Lipinski definition) is 4. The summed E-state index contributed by atoms with van der Waals surface area (Å²) < 4.78 is 49.3. The van der Waals surface area contributed by atoms with Crippen molar-refractivity contribution in [1.82, 2.24) is 9.80 Å². The van der Waals surface area contributed by atoms with Crippen LogP contribution < -0.4 is 4.74 Å². The maximum Gasteiger partial charge on any atom is 0.416 e. The number of carbonyl (C=O) groups is 2. The molecule has 3 rings (SSSR count). The summed E-state index contributed by atoms with van der Waals surface area (Å²) in [6.07, 6.45) is -4.45. The molecule has 2 aromatic carbocycles. The molecule has 1 heterocycles. The summed E-state index contributed by atoms with van der Waals surface area (Å²) in [5.41, 5.74) is 0.731. The third-order valence-corrected chi connectivity index (χ3v) is 5.91. The van der Waals surface area contributed by atoms with Crippen molar-refractivity contribution < 1.29 is 37.3 Å². The monoisotopic (exact) mass is 494 g/mol. The molecule has 1 saturated heterocycles. The maximum absolute atomic E-state index is 12.7. The van der Waals surface area contributed by atoms with E-state index in [0.29, 0.717) is 37.5 Å². The van der Waals surface area contributed by atoms with Crippen molar-refractivity contribution in [2.24, 2.45) is 0 Å². The van der Waals surface area contributed by atoms with E-state index in [9.17, 15) is 27.9 Å². The molecule has 7 nitrogen and oxygen atoms in total. The minimum Gasteiger partial charge on any atom is -0.494 e. The Balaban J connectivity index is 1.48. The zero-order chi connectivity index (χ0) is 25.6. The smallest absolute Gasteiger partial charge is 0.416 e. The topological polar surface area (TPSA) is 79.3 Å². The summed E-state index contributed by atoms with van der Waals surface area (Å²) in [6, 6.07) is 11.7. The predicted molar refractivity (Wildman–Crippen MR) is 122 cm³/mol. The number of halogens is 3. The molecule has 190 valence electrons. The summed E-state index contributed by atoms with van der Waals surface area (Å²) in [5, 5.41) is 9.20. The van der Waals surface area contributed by atoms with Gasteiger partial charge in [0.05, 0.1) is 18.2 Å². The Hall–Kier alpha value is -3.27. The Bertz CT molecular complexity index is 996. The number of likely N-dealkylation sites (N-methyl/N-ethyl adjacent to an activating group) is 1. The zero-order valence-electron chi connectivity index (χ0n) is 19.6. The van der Waals surface area contributed by atoms with Crippen LogP contribution in [0, 0.1) is 0 Å². The Morgan fingerprint density at radius 1 is 1.11 bits per heavy atom. The van der Waals surface area contributed by atoms with Crippen molar-refractivity contribution >= 4 is 12.0 Å². The fraction of sp³-hybridized carbons (Fsp3) is 0.440. The van der Waals surface area contributed by atoms with E-state index in [2.05, 4.69) is 0 Å². The lowest BCUT2D eigenvalue weighted by molar-refractivity contribution is -0.150. The number of alkyl halides is 3. The van der Waals surface area contributed by atoms with E-state index in [-0.39, 0.29) is 25.0 Å². The fourth-order valence-corrected chi connectivity index (χ4v) is 3.94. The maximum atomic E-state index is 12.7. The van der Waals surface area contributed by atoms with Gasteiger partial charge in [-0.15, -0.1) is 0 Å². The van der Waals surface area contributed by atoms with Crippen LogP contribution >= 0.6 is 0 Å². The quantitative estimate of drug-likeness (QED) is 0.500. The first kappa shape index (κ1) is 26.3. The van der Waals surface area contributed by atoms with Gasteiger partial charge >= 0.3 is 18.2 Å². The van der Waals surface area contributed by atoms with E-state index in [4.69, 9.17) is 9.47 Å². The number of urea groups is 1. The first-order valence-corrected chi connectivity index (χ1v) is 11.3. The van der Waals surface area contributed by atoms with Crippen LogP contribution in [0.2, 0.25) is 0 Å². The molecular weight excluding hydrogens is 465 g/mol. The Labute approximate surface area is 202 Å². The van der Waals surface area contributed by atoms with Crippen LogP contribution in [0.5, 0.6) is 5.75 Å². The summed E-state index contributed by atoms with van der Waals surface area (Å²) >= 11 is 0. The molecule has 10 heteroatoms. The summed E-state index contributed by atoms with van der Waals surface area (Å²) in [7, 11) is 1.70. The molecule has 0 radical (unpaired) electrons. The Morgan fingerprint density at radius 2 is 1.74 bits per heavy atom. The molecule has 1 N–H and O–H groups in total. The average Bonchev–Trinajstić information content (AvgIpc) is 3.07. The molecule has 1 aliphatic heterocycles. The van der Waals surface area contributed by atoms with Crippen LogP contribution in [-0.4, -0.2) is 65.9 Å². The highest BCUT2D eigenvalue weighted by molar-refractivity contribution is 5.77. The highest BCUT2D eigenvalue weighted by Crippen LogP contribution is 2.29. The summed E-state index contributed by atoms with van der Waals surface area (Å²) in [6.45, 7) is 3.12. The van der Waals surface area contributed by atoms with Crippen LogP contribution in [0.25, 0.3) is 0 Å². The van der Waals surface area contributed by atoms with Crippen molar-refractivity contribution in [2.45, 2.75) is 44.6 Å². The number of carboxylic acids is 1. The molecule has 0 spiro atoms. The van der Waals surface area contributed by atoms with Gasteiger partial charge in [0.1, 0.15) is 5.75 Å². The van der Waals surface area contributed by atoms with Gasteiger partial charge in [-0.3, -0.25) is 0 Å². The van der Waals surface area contributed by atoms with Crippen LogP contribution in [0.4, 0.5) is 18.0 Å². The lowest BCUT2D eigenvalue weighted by Crippen LogP contribution is -2.31. The number of nitrogens with zero attached hydrogens (tertiary/aromatic N) is 2. The van der Waals surface area contributed by atoms with E-state index in [0.717, 1.165) is 17.7 Å². The molecule has 2 atom stereocenters. The van der Waals surface area contributed by atoms with Gasteiger partial charge in [-0.05, 0) is 42.3 Å². The second-order valence-electron chi connectivity index (χ2n) is 8.39. The van der Waals surface area contributed by atoms with Crippen molar-refractivity contribution in [3.8, 4) is 5.75 Å². The third kappa shape index (κ3) is 7.11. The van der Waals surface area contributed by atoms with Crippen LogP contribution in [0.3, 0.4) is 0 Å². The molecule has 2 unspecified atom stereocenters. The SMILES string of the molecule is CCOC(Cc1ccc(OCCC2CN(Cc3ccc(C(F)(F)F)cc3)C(=O)N2C)cc1)C(=O)O. The molecule has 0 aromatic heterocycles. The normalized spacial score (nSPS) is 17.1. The van der Waals surface area contributed by atoms with Crippen molar-refractivity contribution in [2.75, 3.05) is 26.8 Å². The highest BCUT2D eigenvalue weighted by atomic mass is 19.4. The largest absolute Gasteiger partial charge is 0.494 e. The summed E-state index contributed by atoms with van der Waals surface area (Å²) in [5.74, 6) is -0.375. The zero-order valence-corrected chi connectivity index (χ0v) is 19.6. The second kappa shape index (κ2) is 11.4. The molecule has 0 bridgehead atoms. The van der Waals surface area contributed by atoms with Crippen molar-refractivity contribution in [1.29, 1.82) is 0 Å². The Kier molecular flexibility index (Phi) is 8.61. The number of hydrogen-bond donors (Lipinski definition) is 1. The lowest BCUT2D eigenvalue weighted by atomic mass is 10.1. The van der Waals surface area contributed by atoms with Gasteiger partial charge in [0.2, 0.25) is 0 Å². The summed E-state index contributed by atoms with van der Waals surface area (Å²) in [4.78, 5) is 27.0. The van der Waals surface area contributed by atoms with Gasteiger partial charge < -0.3 is 24.4 Å². The van der Waals surface area contributed by atoms with Gasteiger partial charge in [0.25, 0.3) is 0 Å². The predicted octanol–water partition coefficient (Wildman–Crippen LogP) is 4.44. The minimum absolute atomic E-state index is 0.0845. The first-order valence-electron chi connectivity index (χ1n) is 11.3. The van der Waals surface area contributed by atoms with E-state index in [1.165, 1.54) is 12.1 Å². The number of rotatable bonds is 11. The molecule has 2 amide bonds. The van der Waals surface area contributed by atoms with Gasteiger partial charge in [-0.25, -0.2) is 9.59 Å². The standard InChI is InChI=1S/C25H29F3N2O5/c1-3-34-22(23(31)32)14-17-6-10-21(11-7-17)35-13-12-20-16-30(24(33)29(20)2)15-18-4-8-19(9-5-18)25(26,27)28/h4-11,20,22H,3,12-16H2,1-2H3,(H,31,32). The minimum atomic E-state index is -4.39. The van der Waals surface area contributed by atoms with Crippen LogP contribution in [-0.2, 0) is 28.7 Å². The van der Waals surface area contributed by atoms with Crippen LogP contribution in [0.15, 0.2) is 48.5 Å². The molecule has 0 aliphatic carbocycles. The Morgan fingerprint density at radius 3 is 2.31 bits per heavy atom. The first-order chi connectivity index (χ1) is 16.6. The van der Waals surface area contributed by atoms with Crippen LogP contribution in [0.1, 0.15) is 30.0 Å². The molecule has 1 fully saturated rings. The number of benzene rings is 2. The molecule has 0 saturated carbocycles. The third-order valence-electron chi connectivity index (χ3n) is 5.91. The van der Waals surface area contributed by atoms with Gasteiger partial charge in [-0.2, -0.15) is 13.2 Å². The van der Waals surface area contributed by atoms with Gasteiger partial charge in [-0.1, -0.05) is 24.3 Å². The molecular formula is C25H29F3N2O5. The van der Waals surface area contributed by atoms with E-state index in [1.54, 1.807) is 48.0 Å². The van der Waals surface area contributed by atoms with Gasteiger partial charge in [0.15, 0.2) is 6.10 Å². The van der Waals surface area contributed by atoms with E-state index < -0.39 is 23.8 Å². The molecule has 2 aromatic rings. The number of amides is 2. The molecule has 35 heavy (non-hydrogen) atoms. The van der Waals surface area contributed by atoms with Gasteiger partial charge in [0, 0.05) is 39.6 Å². The highest BCUT2D eigenvalue weighted by Gasteiger charge is 2.34. The van der Waals surface area contributed by atoms with E-state index >= 15 is 0 Å². The van der Waals surface area contributed by atoms with Crippen molar-refractivity contribution in [3.63, 3.8) is 0 Å². The van der Waals surface area contributed by atoms with Crippen molar-refractivity contribution in [3.05, 3.63) is 65.2 Å². The number of carboxylic acid groups (broad SMARTS) is 1. The average molecular weight is 495 g/mol. The lowest BCUT2D eigenvalue weighted by Gasteiger charge is -2.18.